The van der Waals surface area contributed by atoms with Crippen LogP contribution in [0.3, 0.4) is 0 Å². The molecular weight excluding hydrogens is 408 g/mol. The molecule has 1 saturated heterocycles. The lowest BCUT2D eigenvalue weighted by atomic mass is 10.1. The lowest BCUT2D eigenvalue weighted by Crippen LogP contribution is -2.31. The van der Waals surface area contributed by atoms with Gasteiger partial charge in [0, 0.05) is 30.9 Å². The Bertz CT molecular complexity index is 1100. The van der Waals surface area contributed by atoms with E-state index >= 15 is 0 Å². The third kappa shape index (κ3) is 5.34. The summed E-state index contributed by atoms with van der Waals surface area (Å²) in [5, 5.41) is 18.4. The molecule has 2 aromatic carbocycles. The van der Waals surface area contributed by atoms with E-state index < -0.39 is 4.92 Å². The molecule has 0 amide bonds. The maximum Gasteiger partial charge on any atom is 0.269 e. The predicted molar refractivity (Wildman–Crippen MR) is 125 cm³/mol. The highest BCUT2D eigenvalue weighted by Crippen LogP contribution is 2.22. The first-order valence-corrected chi connectivity index (χ1v) is 10.5. The molecule has 0 unspecified atom stereocenters. The second kappa shape index (κ2) is 9.82. The topological polar surface area (TPSA) is 121 Å². The van der Waals surface area contributed by atoms with Crippen LogP contribution in [0, 0.1) is 10.1 Å². The van der Waals surface area contributed by atoms with Crippen molar-refractivity contribution < 1.29 is 4.92 Å². The zero-order chi connectivity index (χ0) is 22.3. The van der Waals surface area contributed by atoms with Gasteiger partial charge in [0.25, 0.3) is 5.69 Å². The van der Waals surface area contributed by atoms with Gasteiger partial charge in [-0.2, -0.15) is 20.1 Å². The highest BCUT2D eigenvalue weighted by molar-refractivity contribution is 5.98. The Hall–Kier alpha value is -4.08. The Morgan fingerprint density at radius 1 is 0.969 bits per heavy atom. The van der Waals surface area contributed by atoms with Gasteiger partial charge in [-0.3, -0.25) is 10.1 Å². The second-order valence-electron chi connectivity index (χ2n) is 7.43. The number of nitro groups is 1. The van der Waals surface area contributed by atoms with E-state index in [-0.39, 0.29) is 5.69 Å². The van der Waals surface area contributed by atoms with Crippen LogP contribution in [-0.4, -0.2) is 38.7 Å². The van der Waals surface area contributed by atoms with E-state index in [1.54, 1.807) is 12.1 Å². The van der Waals surface area contributed by atoms with Crippen molar-refractivity contribution in [1.29, 1.82) is 0 Å². The van der Waals surface area contributed by atoms with Gasteiger partial charge in [0.1, 0.15) is 0 Å². The first-order valence-electron chi connectivity index (χ1n) is 10.5. The third-order valence-electron chi connectivity index (χ3n) is 5.11. The van der Waals surface area contributed by atoms with Gasteiger partial charge in [-0.15, -0.1) is 0 Å². The smallest absolute Gasteiger partial charge is 0.269 e. The molecule has 0 spiro atoms. The van der Waals surface area contributed by atoms with Crippen molar-refractivity contribution >= 4 is 34.9 Å². The van der Waals surface area contributed by atoms with Crippen LogP contribution >= 0.6 is 0 Å². The van der Waals surface area contributed by atoms with E-state index in [0.717, 1.165) is 37.2 Å². The van der Waals surface area contributed by atoms with Gasteiger partial charge in [0.2, 0.25) is 17.8 Å². The Kier molecular flexibility index (Phi) is 6.49. The summed E-state index contributed by atoms with van der Waals surface area (Å²) in [6.07, 6.45) is 3.37. The SMILES string of the molecule is CC(=NNc1nc(Nc2ccc([N+](=O)[O-])cc2)nc(N2CCCCC2)n1)c1ccccc1. The van der Waals surface area contributed by atoms with Crippen LogP contribution in [0.5, 0.6) is 0 Å². The van der Waals surface area contributed by atoms with E-state index in [0.29, 0.717) is 23.5 Å². The van der Waals surface area contributed by atoms with Crippen molar-refractivity contribution in [2.45, 2.75) is 26.2 Å². The minimum Gasteiger partial charge on any atom is -0.341 e. The summed E-state index contributed by atoms with van der Waals surface area (Å²) in [5.41, 5.74) is 5.40. The number of aromatic nitrogens is 3. The lowest BCUT2D eigenvalue weighted by molar-refractivity contribution is -0.384. The molecule has 10 nitrogen and oxygen atoms in total. The maximum atomic E-state index is 10.9. The monoisotopic (exact) mass is 432 g/mol. The van der Waals surface area contributed by atoms with Gasteiger partial charge < -0.3 is 10.2 Å². The Balaban J connectivity index is 1.59. The van der Waals surface area contributed by atoms with Gasteiger partial charge in [0.05, 0.1) is 10.6 Å². The normalized spacial score (nSPS) is 14.2. The Morgan fingerprint density at radius 2 is 1.66 bits per heavy atom. The number of hydrazone groups is 1. The van der Waals surface area contributed by atoms with Gasteiger partial charge in [-0.05, 0) is 43.9 Å². The molecular formula is C22H24N8O2. The van der Waals surface area contributed by atoms with Crippen molar-refractivity contribution in [2.75, 3.05) is 28.7 Å². The largest absolute Gasteiger partial charge is 0.341 e. The van der Waals surface area contributed by atoms with Gasteiger partial charge in [-0.25, -0.2) is 5.43 Å². The summed E-state index contributed by atoms with van der Waals surface area (Å²) >= 11 is 0. The minimum absolute atomic E-state index is 0.0216. The fourth-order valence-electron chi connectivity index (χ4n) is 3.38. The van der Waals surface area contributed by atoms with Crippen molar-refractivity contribution in [3.63, 3.8) is 0 Å². The van der Waals surface area contributed by atoms with Crippen molar-refractivity contribution in [3.05, 3.63) is 70.3 Å². The number of benzene rings is 2. The molecule has 2 heterocycles. The van der Waals surface area contributed by atoms with E-state index in [2.05, 4.69) is 35.7 Å². The molecule has 2 N–H and O–H groups in total. The zero-order valence-corrected chi connectivity index (χ0v) is 17.7. The number of hydrogen-bond donors (Lipinski definition) is 2. The number of non-ortho nitro benzene ring substituents is 1. The van der Waals surface area contributed by atoms with E-state index in [1.807, 2.05) is 37.3 Å². The number of hydrogen-bond acceptors (Lipinski definition) is 9. The zero-order valence-electron chi connectivity index (χ0n) is 17.7. The van der Waals surface area contributed by atoms with Gasteiger partial charge in [0.15, 0.2) is 0 Å². The average molecular weight is 432 g/mol. The highest BCUT2D eigenvalue weighted by atomic mass is 16.6. The number of piperidine rings is 1. The number of nitrogens with zero attached hydrogens (tertiary/aromatic N) is 6. The standard InChI is InChI=1S/C22H24N8O2/c1-16(17-8-4-2-5-9-17)27-28-21-24-20(23-18-10-12-19(13-11-18)30(31)32)25-22(26-21)29-14-6-3-7-15-29/h2,4-5,8-13H,3,6-7,14-15H2,1H3,(H2,23,24,25,26,28). The molecule has 0 bridgehead atoms. The number of nitro benzene ring substituents is 1. The van der Waals surface area contributed by atoms with Crippen LogP contribution in [-0.2, 0) is 0 Å². The van der Waals surface area contributed by atoms with Gasteiger partial charge in [-0.1, -0.05) is 30.3 Å². The van der Waals surface area contributed by atoms with Crippen LogP contribution in [0.2, 0.25) is 0 Å². The first kappa shape index (κ1) is 21.2. The summed E-state index contributed by atoms with van der Waals surface area (Å²) in [6, 6.07) is 15.9. The molecule has 3 aromatic rings. The van der Waals surface area contributed by atoms with Crippen LogP contribution in [0.25, 0.3) is 0 Å². The molecule has 164 valence electrons. The van der Waals surface area contributed by atoms with Crippen LogP contribution < -0.4 is 15.6 Å². The summed E-state index contributed by atoms with van der Waals surface area (Å²) in [7, 11) is 0. The Labute approximate surface area is 185 Å². The van der Waals surface area contributed by atoms with Crippen LogP contribution in [0.15, 0.2) is 59.7 Å². The van der Waals surface area contributed by atoms with Crippen LogP contribution in [0.1, 0.15) is 31.7 Å². The first-order chi connectivity index (χ1) is 15.6. The number of nitrogens with one attached hydrogen (secondary N) is 2. The van der Waals surface area contributed by atoms with Crippen molar-refractivity contribution in [2.24, 2.45) is 5.10 Å². The molecule has 4 rings (SSSR count). The molecule has 1 fully saturated rings. The molecule has 0 atom stereocenters. The molecule has 1 aliphatic heterocycles. The molecule has 1 aromatic heterocycles. The molecule has 1 aliphatic rings. The fraction of sp³-hybridized carbons (Fsp3) is 0.273. The highest BCUT2D eigenvalue weighted by Gasteiger charge is 2.17. The van der Waals surface area contributed by atoms with Crippen LogP contribution in [0.4, 0.5) is 29.2 Å². The molecule has 0 saturated carbocycles. The second-order valence-corrected chi connectivity index (χ2v) is 7.43. The van der Waals surface area contributed by atoms with E-state index in [9.17, 15) is 10.1 Å². The summed E-state index contributed by atoms with van der Waals surface area (Å²) in [6.45, 7) is 3.67. The minimum atomic E-state index is -0.434. The maximum absolute atomic E-state index is 10.9. The summed E-state index contributed by atoms with van der Waals surface area (Å²) in [5.74, 6) is 1.23. The quantitative estimate of drug-likeness (QED) is 0.321. The molecule has 32 heavy (non-hydrogen) atoms. The van der Waals surface area contributed by atoms with Gasteiger partial charge >= 0.3 is 0 Å². The predicted octanol–water partition coefficient (Wildman–Crippen LogP) is 4.35. The van der Waals surface area contributed by atoms with E-state index in [1.165, 1.54) is 18.6 Å². The summed E-state index contributed by atoms with van der Waals surface area (Å²) in [4.78, 5) is 26.1. The van der Waals surface area contributed by atoms with Crippen molar-refractivity contribution in [3.8, 4) is 0 Å². The Morgan fingerprint density at radius 3 is 2.34 bits per heavy atom. The number of rotatable bonds is 7. The lowest BCUT2D eigenvalue weighted by Gasteiger charge is -2.26. The molecule has 10 heteroatoms. The summed E-state index contributed by atoms with van der Waals surface area (Å²) < 4.78 is 0. The average Bonchev–Trinajstić information content (AvgIpc) is 2.84. The molecule has 0 radical (unpaired) electrons. The number of anilines is 4. The fourth-order valence-corrected chi connectivity index (χ4v) is 3.38. The van der Waals surface area contributed by atoms with Crippen molar-refractivity contribution in [1.82, 2.24) is 15.0 Å². The molecule has 0 aliphatic carbocycles. The third-order valence-corrected chi connectivity index (χ3v) is 5.11. The van der Waals surface area contributed by atoms with E-state index in [4.69, 9.17) is 0 Å².